The van der Waals surface area contributed by atoms with Crippen molar-refractivity contribution >= 4 is 37.9 Å². The van der Waals surface area contributed by atoms with Crippen molar-refractivity contribution in [3.05, 3.63) is 64.1 Å². The van der Waals surface area contributed by atoms with Gasteiger partial charge in [-0.3, -0.25) is 4.79 Å². The van der Waals surface area contributed by atoms with E-state index in [2.05, 4.69) is 26.0 Å². The molecule has 0 spiro atoms. The summed E-state index contributed by atoms with van der Waals surface area (Å²) in [6.45, 7) is 0.546. The van der Waals surface area contributed by atoms with Gasteiger partial charge in [-0.05, 0) is 49.0 Å². The molecule has 1 unspecified atom stereocenters. The molecule has 2 aromatic rings. The van der Waals surface area contributed by atoms with Crippen LogP contribution in [0, 0.1) is 0 Å². The maximum atomic E-state index is 12.3. The molecule has 1 heterocycles. The van der Waals surface area contributed by atoms with Gasteiger partial charge in [0.05, 0.1) is 17.5 Å². The lowest BCUT2D eigenvalue weighted by Gasteiger charge is -2.26. The SMILES string of the molecule is CNS(=O)(=O)c1ccc(/C=C/C(=O)NC2CCOc3ccc(Br)cc32)cc1. The summed E-state index contributed by atoms with van der Waals surface area (Å²) in [6, 6.07) is 11.9. The molecule has 6 nitrogen and oxygen atoms in total. The fourth-order valence-corrected chi connectivity index (χ4v) is 3.89. The number of rotatable bonds is 5. The Bertz CT molecular complexity index is 972. The van der Waals surface area contributed by atoms with E-state index >= 15 is 0 Å². The van der Waals surface area contributed by atoms with Crippen molar-refractivity contribution in [2.75, 3.05) is 13.7 Å². The summed E-state index contributed by atoms with van der Waals surface area (Å²) < 4.78 is 32.2. The number of amides is 1. The Morgan fingerprint density at radius 3 is 2.67 bits per heavy atom. The highest BCUT2D eigenvalue weighted by atomic mass is 79.9. The van der Waals surface area contributed by atoms with Gasteiger partial charge < -0.3 is 10.1 Å². The van der Waals surface area contributed by atoms with Crippen LogP contribution in [0.2, 0.25) is 0 Å². The van der Waals surface area contributed by atoms with Gasteiger partial charge in [-0.15, -0.1) is 0 Å². The highest BCUT2D eigenvalue weighted by Crippen LogP contribution is 2.34. The zero-order chi connectivity index (χ0) is 19.4. The summed E-state index contributed by atoms with van der Waals surface area (Å²) >= 11 is 3.44. The van der Waals surface area contributed by atoms with Crippen LogP contribution in [0.3, 0.4) is 0 Å². The van der Waals surface area contributed by atoms with Crippen LogP contribution in [0.15, 0.2) is 57.9 Å². The van der Waals surface area contributed by atoms with E-state index in [4.69, 9.17) is 4.74 Å². The fourth-order valence-electron chi connectivity index (χ4n) is 2.78. The van der Waals surface area contributed by atoms with Crippen molar-refractivity contribution in [3.63, 3.8) is 0 Å². The minimum Gasteiger partial charge on any atom is -0.493 e. The van der Waals surface area contributed by atoms with Gasteiger partial charge in [-0.1, -0.05) is 28.1 Å². The number of halogens is 1. The molecule has 0 aliphatic carbocycles. The smallest absolute Gasteiger partial charge is 0.244 e. The molecule has 2 N–H and O–H groups in total. The highest BCUT2D eigenvalue weighted by Gasteiger charge is 2.22. The van der Waals surface area contributed by atoms with Gasteiger partial charge in [-0.25, -0.2) is 13.1 Å². The van der Waals surface area contributed by atoms with Crippen molar-refractivity contribution in [3.8, 4) is 5.75 Å². The van der Waals surface area contributed by atoms with Crippen molar-refractivity contribution < 1.29 is 17.9 Å². The fraction of sp³-hybridized carbons (Fsp3) is 0.211. The van der Waals surface area contributed by atoms with Crippen LogP contribution in [0.4, 0.5) is 0 Å². The van der Waals surface area contributed by atoms with Gasteiger partial charge in [0, 0.05) is 22.5 Å². The Balaban J connectivity index is 1.67. The Hall–Kier alpha value is -2.16. The van der Waals surface area contributed by atoms with Crippen molar-refractivity contribution in [1.82, 2.24) is 10.0 Å². The largest absolute Gasteiger partial charge is 0.493 e. The predicted octanol–water partition coefficient (Wildman–Crippen LogP) is 3.01. The first-order chi connectivity index (χ1) is 12.9. The summed E-state index contributed by atoms with van der Waals surface area (Å²) in [4.78, 5) is 12.5. The molecule has 1 aliphatic rings. The molecule has 8 heteroatoms. The molecular formula is C19H19BrN2O4S. The Kier molecular flexibility index (Phi) is 5.98. The van der Waals surface area contributed by atoms with Crippen LogP contribution in [-0.2, 0) is 14.8 Å². The first-order valence-corrected chi connectivity index (χ1v) is 10.6. The average Bonchev–Trinajstić information content (AvgIpc) is 2.67. The molecule has 142 valence electrons. The molecule has 0 fully saturated rings. The molecule has 0 aromatic heterocycles. The minimum atomic E-state index is -3.47. The molecule has 2 aromatic carbocycles. The first kappa shape index (κ1) is 19.6. The van der Waals surface area contributed by atoms with Gasteiger partial charge in [0.15, 0.2) is 0 Å². The summed E-state index contributed by atoms with van der Waals surface area (Å²) in [7, 11) is -2.10. The van der Waals surface area contributed by atoms with E-state index in [-0.39, 0.29) is 16.8 Å². The van der Waals surface area contributed by atoms with Gasteiger partial charge in [0.1, 0.15) is 5.75 Å². The van der Waals surface area contributed by atoms with Crippen LogP contribution >= 0.6 is 15.9 Å². The van der Waals surface area contributed by atoms with Gasteiger partial charge in [0.2, 0.25) is 15.9 Å². The lowest BCUT2D eigenvalue weighted by molar-refractivity contribution is -0.117. The number of hydrogen-bond donors (Lipinski definition) is 2. The molecular weight excluding hydrogens is 432 g/mol. The maximum Gasteiger partial charge on any atom is 0.244 e. The zero-order valence-corrected chi connectivity index (χ0v) is 17.0. The molecule has 0 saturated heterocycles. The van der Waals surface area contributed by atoms with Gasteiger partial charge in [-0.2, -0.15) is 0 Å². The quantitative estimate of drug-likeness (QED) is 0.685. The van der Waals surface area contributed by atoms with E-state index < -0.39 is 10.0 Å². The standard InChI is InChI=1S/C19H19BrN2O4S/c1-21-27(24,25)15-6-2-13(3-7-15)4-9-19(23)22-17-10-11-26-18-8-5-14(20)12-16(17)18/h2-9,12,17,21H,10-11H2,1H3,(H,22,23)/b9-4+. The van der Waals surface area contributed by atoms with Crippen LogP contribution in [0.5, 0.6) is 5.75 Å². The van der Waals surface area contributed by atoms with Crippen molar-refractivity contribution in [2.45, 2.75) is 17.4 Å². The van der Waals surface area contributed by atoms with Crippen LogP contribution < -0.4 is 14.8 Å². The lowest BCUT2D eigenvalue weighted by Crippen LogP contribution is -2.31. The zero-order valence-electron chi connectivity index (χ0n) is 14.6. The molecule has 27 heavy (non-hydrogen) atoms. The number of benzene rings is 2. The van der Waals surface area contributed by atoms with E-state index in [1.165, 1.54) is 25.3 Å². The topological polar surface area (TPSA) is 84.5 Å². The molecule has 3 rings (SSSR count). The molecule has 0 bridgehead atoms. The van der Waals surface area contributed by atoms with E-state index in [1.54, 1.807) is 18.2 Å². The van der Waals surface area contributed by atoms with E-state index in [1.807, 2.05) is 18.2 Å². The molecule has 1 atom stereocenters. The predicted molar refractivity (Wildman–Crippen MR) is 107 cm³/mol. The number of carbonyl (C=O) groups excluding carboxylic acids is 1. The Labute approximate surface area is 166 Å². The third-order valence-electron chi connectivity index (χ3n) is 4.21. The third kappa shape index (κ3) is 4.77. The monoisotopic (exact) mass is 450 g/mol. The van der Waals surface area contributed by atoms with E-state index in [0.29, 0.717) is 13.0 Å². The van der Waals surface area contributed by atoms with E-state index in [9.17, 15) is 13.2 Å². The molecule has 1 aliphatic heterocycles. The summed E-state index contributed by atoms with van der Waals surface area (Å²) in [5.74, 6) is 0.555. The number of fused-ring (bicyclic) bond motifs is 1. The summed E-state index contributed by atoms with van der Waals surface area (Å²) in [6.07, 6.45) is 3.78. The normalized spacial score (nSPS) is 16.6. The van der Waals surface area contributed by atoms with E-state index in [0.717, 1.165) is 21.3 Å². The summed E-state index contributed by atoms with van der Waals surface area (Å²) in [5.41, 5.74) is 1.68. The second-order valence-electron chi connectivity index (χ2n) is 5.99. The van der Waals surface area contributed by atoms with Gasteiger partial charge >= 0.3 is 0 Å². The highest BCUT2D eigenvalue weighted by molar-refractivity contribution is 9.10. The van der Waals surface area contributed by atoms with Crippen molar-refractivity contribution in [2.24, 2.45) is 0 Å². The summed E-state index contributed by atoms with van der Waals surface area (Å²) in [5, 5.41) is 2.98. The van der Waals surface area contributed by atoms with Crippen LogP contribution in [-0.4, -0.2) is 28.0 Å². The van der Waals surface area contributed by atoms with Gasteiger partial charge in [0.25, 0.3) is 0 Å². The first-order valence-electron chi connectivity index (χ1n) is 8.33. The molecule has 1 amide bonds. The van der Waals surface area contributed by atoms with Crippen LogP contribution in [0.25, 0.3) is 6.08 Å². The Morgan fingerprint density at radius 1 is 1.22 bits per heavy atom. The number of nitrogens with one attached hydrogen (secondary N) is 2. The minimum absolute atomic E-state index is 0.119. The third-order valence-corrected chi connectivity index (χ3v) is 6.14. The molecule has 0 radical (unpaired) electrons. The second kappa shape index (κ2) is 8.24. The number of ether oxygens (including phenoxy) is 1. The molecule has 0 saturated carbocycles. The van der Waals surface area contributed by atoms with Crippen LogP contribution in [0.1, 0.15) is 23.6 Å². The second-order valence-corrected chi connectivity index (χ2v) is 8.79. The average molecular weight is 451 g/mol. The number of carbonyl (C=O) groups is 1. The van der Waals surface area contributed by atoms with Crippen molar-refractivity contribution in [1.29, 1.82) is 0 Å². The lowest BCUT2D eigenvalue weighted by atomic mass is 10.0. The Morgan fingerprint density at radius 2 is 1.96 bits per heavy atom. The number of hydrogen-bond acceptors (Lipinski definition) is 4. The number of sulfonamides is 1. The maximum absolute atomic E-state index is 12.3.